The summed E-state index contributed by atoms with van der Waals surface area (Å²) in [5, 5.41) is 55.8. The zero-order valence-corrected chi connectivity index (χ0v) is 30.1. The predicted molar refractivity (Wildman–Crippen MR) is 189 cm³/mol. The summed E-state index contributed by atoms with van der Waals surface area (Å²) in [4.78, 5) is 22.2. The minimum absolute atomic E-state index is 0.118. The molecule has 276 valence electrons. The van der Waals surface area contributed by atoms with Gasteiger partial charge in [0.1, 0.15) is 0 Å². The second-order valence-corrected chi connectivity index (χ2v) is 13.7. The molecule has 0 amide bonds. The first-order chi connectivity index (χ1) is 22.2. The molecule has 46 heavy (non-hydrogen) atoms. The number of rotatable bonds is 34. The monoisotopic (exact) mass is 661 g/mol. The summed E-state index contributed by atoms with van der Waals surface area (Å²) >= 11 is 0. The second kappa shape index (κ2) is 35.1. The predicted octanol–water partition coefficient (Wildman–Crippen LogP) is 9.19. The fraction of sp³-hybridized carbons (Fsp3) is 0.947. The number of carboxylic acids is 2. The average molecular weight is 661 g/mol. The lowest BCUT2D eigenvalue weighted by atomic mass is 9.73. The molecule has 0 aromatic rings. The Morgan fingerprint density at radius 1 is 0.478 bits per heavy atom. The van der Waals surface area contributed by atoms with Crippen molar-refractivity contribution >= 4 is 11.9 Å². The van der Waals surface area contributed by atoms with Crippen LogP contribution < -0.4 is 0 Å². The average Bonchev–Trinajstić information content (AvgIpc) is 3.03. The number of carboxylic acid groups (broad SMARTS) is 2. The Balaban J connectivity index is 0. The maximum atomic E-state index is 11.8. The quantitative estimate of drug-likeness (QED) is 0.0373. The van der Waals surface area contributed by atoms with Gasteiger partial charge in [0.25, 0.3) is 0 Å². The van der Waals surface area contributed by atoms with Crippen molar-refractivity contribution in [2.75, 3.05) is 13.2 Å². The van der Waals surface area contributed by atoms with Crippen molar-refractivity contribution in [1.29, 1.82) is 0 Å². The highest BCUT2D eigenvalue weighted by Gasteiger charge is 2.41. The van der Waals surface area contributed by atoms with E-state index in [-0.39, 0.29) is 12.8 Å². The first-order valence-electron chi connectivity index (χ1n) is 19.2. The smallest absolute Gasteiger partial charge is 0.309 e. The van der Waals surface area contributed by atoms with E-state index in [1.54, 1.807) is 0 Å². The molecule has 0 radical (unpaired) electrons. The Morgan fingerprint density at radius 2 is 0.761 bits per heavy atom. The Hall–Kier alpha value is -1.22. The van der Waals surface area contributed by atoms with Gasteiger partial charge in [-0.15, -0.1) is 0 Å². The van der Waals surface area contributed by atoms with Crippen LogP contribution in [0.3, 0.4) is 0 Å². The highest BCUT2D eigenvalue weighted by molar-refractivity contribution is 5.74. The van der Waals surface area contributed by atoms with Crippen LogP contribution in [0.4, 0.5) is 0 Å². The van der Waals surface area contributed by atoms with Crippen molar-refractivity contribution in [3.8, 4) is 0 Å². The third kappa shape index (κ3) is 31.4. The zero-order chi connectivity index (χ0) is 34.7. The van der Waals surface area contributed by atoms with Gasteiger partial charge in [0, 0.05) is 6.42 Å². The Morgan fingerprint density at radius 3 is 1.02 bits per heavy atom. The molecule has 0 rings (SSSR count). The van der Waals surface area contributed by atoms with Crippen molar-refractivity contribution < 1.29 is 40.2 Å². The summed E-state index contributed by atoms with van der Waals surface area (Å²) in [6.45, 7) is 3.45. The molecule has 0 spiro atoms. The van der Waals surface area contributed by atoms with Crippen molar-refractivity contribution in [3.05, 3.63) is 0 Å². The normalized spacial score (nSPS) is 13.9. The van der Waals surface area contributed by atoms with Crippen LogP contribution in [0, 0.1) is 5.41 Å². The number of aliphatic carboxylic acids is 2. The van der Waals surface area contributed by atoms with E-state index in [0.29, 0.717) is 19.3 Å². The first-order valence-corrected chi connectivity index (χ1v) is 19.2. The molecule has 8 heteroatoms. The molecule has 0 saturated heterocycles. The van der Waals surface area contributed by atoms with Gasteiger partial charge in [-0.3, -0.25) is 9.59 Å². The van der Waals surface area contributed by atoms with E-state index in [1.807, 2.05) is 0 Å². The van der Waals surface area contributed by atoms with Crippen LogP contribution in [0.2, 0.25) is 0 Å². The summed E-state index contributed by atoms with van der Waals surface area (Å²) in [6.07, 6.45) is 29.4. The van der Waals surface area contributed by atoms with Crippen LogP contribution in [0.15, 0.2) is 0 Å². The van der Waals surface area contributed by atoms with Crippen LogP contribution in [-0.4, -0.2) is 68.0 Å². The van der Waals surface area contributed by atoms with Crippen LogP contribution >= 0.6 is 0 Å². The largest absolute Gasteiger partial charge is 0.481 e. The molecule has 0 aromatic carbocycles. The van der Waals surface area contributed by atoms with E-state index in [0.717, 1.165) is 32.1 Å². The molecule has 0 heterocycles. The molecular weight excluding hydrogens is 584 g/mol. The lowest BCUT2D eigenvalue weighted by molar-refractivity contribution is -0.155. The van der Waals surface area contributed by atoms with E-state index in [1.165, 1.54) is 122 Å². The number of hydrogen-bond donors (Lipinski definition) is 6. The van der Waals surface area contributed by atoms with Crippen molar-refractivity contribution in [2.24, 2.45) is 5.41 Å². The lowest BCUT2D eigenvalue weighted by Crippen LogP contribution is -2.39. The van der Waals surface area contributed by atoms with E-state index in [9.17, 15) is 24.9 Å². The van der Waals surface area contributed by atoms with Gasteiger partial charge in [0.2, 0.25) is 0 Å². The van der Waals surface area contributed by atoms with E-state index in [2.05, 4.69) is 13.8 Å². The van der Waals surface area contributed by atoms with E-state index in [4.69, 9.17) is 15.3 Å². The molecule has 6 N–H and O–H groups in total. The van der Waals surface area contributed by atoms with Gasteiger partial charge in [-0.25, -0.2) is 0 Å². The standard InChI is InChI=1S/C20H40O6.C18H36O2/c1-2-3-4-5-6-7-8-9-10-11-12-20(19(25)26,13-17(23)15-21)14-18(24)16-22;1-2-3-4-5-6-7-8-9-10-11-12-13-14-15-16-17-18(19)20/h17-18,21-24H,2-16H2,1H3,(H,25,26);2-17H2,1H3,(H,19,20). The molecule has 0 aliphatic heterocycles. The second-order valence-electron chi connectivity index (χ2n) is 13.7. The number of unbranched alkanes of at least 4 members (excludes halogenated alkanes) is 23. The molecule has 2 unspecified atom stereocenters. The van der Waals surface area contributed by atoms with Crippen LogP contribution in [-0.2, 0) is 9.59 Å². The minimum Gasteiger partial charge on any atom is -0.481 e. The van der Waals surface area contributed by atoms with Gasteiger partial charge in [-0.2, -0.15) is 0 Å². The molecule has 0 fully saturated rings. The zero-order valence-electron chi connectivity index (χ0n) is 30.1. The minimum atomic E-state index is -1.32. The number of aliphatic hydroxyl groups is 4. The molecule has 0 saturated carbocycles. The summed E-state index contributed by atoms with van der Waals surface area (Å²) in [7, 11) is 0. The highest BCUT2D eigenvalue weighted by Crippen LogP contribution is 2.36. The molecule has 8 nitrogen and oxygen atoms in total. The van der Waals surface area contributed by atoms with Gasteiger partial charge in [-0.1, -0.05) is 168 Å². The Labute approximate surface area is 282 Å². The number of aliphatic hydroxyl groups excluding tert-OH is 4. The number of hydrogen-bond acceptors (Lipinski definition) is 6. The summed E-state index contributed by atoms with van der Waals surface area (Å²) in [5.74, 6) is -1.74. The van der Waals surface area contributed by atoms with E-state index < -0.39 is 42.8 Å². The molecule has 0 aliphatic rings. The summed E-state index contributed by atoms with van der Waals surface area (Å²) in [5.41, 5.74) is -1.32. The van der Waals surface area contributed by atoms with Crippen molar-refractivity contribution in [3.63, 3.8) is 0 Å². The maximum absolute atomic E-state index is 11.8. The maximum Gasteiger partial charge on any atom is 0.309 e. The molecule has 2 atom stereocenters. The van der Waals surface area contributed by atoms with Crippen LogP contribution in [0.1, 0.15) is 200 Å². The van der Waals surface area contributed by atoms with Crippen LogP contribution in [0.5, 0.6) is 0 Å². The topological polar surface area (TPSA) is 156 Å². The summed E-state index contributed by atoms with van der Waals surface area (Å²) < 4.78 is 0. The molecule has 0 aliphatic carbocycles. The van der Waals surface area contributed by atoms with Gasteiger partial charge >= 0.3 is 11.9 Å². The van der Waals surface area contributed by atoms with Gasteiger partial charge in [-0.05, 0) is 25.7 Å². The lowest BCUT2D eigenvalue weighted by Gasteiger charge is -2.32. The van der Waals surface area contributed by atoms with Gasteiger partial charge in [0.15, 0.2) is 0 Å². The first kappa shape index (κ1) is 46.9. The van der Waals surface area contributed by atoms with Crippen molar-refractivity contribution in [2.45, 2.75) is 212 Å². The third-order valence-corrected chi connectivity index (χ3v) is 9.13. The van der Waals surface area contributed by atoms with Gasteiger partial charge < -0.3 is 30.6 Å². The Bertz CT molecular complexity index is 645. The molecule has 0 bridgehead atoms. The number of carbonyl (C=O) groups is 2. The molecular formula is C38H76O8. The SMILES string of the molecule is CCCCCCCCCCCCC(CC(O)CO)(CC(O)CO)C(=O)O.CCCCCCCCCCCCCCCCCC(=O)O. The van der Waals surface area contributed by atoms with Gasteiger partial charge in [0.05, 0.1) is 30.8 Å². The highest BCUT2D eigenvalue weighted by atomic mass is 16.4. The third-order valence-electron chi connectivity index (χ3n) is 9.13. The Kier molecular flexibility index (Phi) is 35.8. The molecule has 0 aromatic heterocycles. The van der Waals surface area contributed by atoms with E-state index >= 15 is 0 Å². The van der Waals surface area contributed by atoms with Crippen molar-refractivity contribution in [1.82, 2.24) is 0 Å². The summed E-state index contributed by atoms with van der Waals surface area (Å²) in [6, 6.07) is 0. The fourth-order valence-corrected chi connectivity index (χ4v) is 6.20. The fourth-order valence-electron chi connectivity index (χ4n) is 6.20. The van der Waals surface area contributed by atoms with Crippen LogP contribution in [0.25, 0.3) is 0 Å².